The van der Waals surface area contributed by atoms with Gasteiger partial charge in [-0.05, 0) is 56.6 Å². The zero-order chi connectivity index (χ0) is 30.0. The van der Waals surface area contributed by atoms with Gasteiger partial charge >= 0.3 is 0 Å². The summed E-state index contributed by atoms with van der Waals surface area (Å²) in [4.78, 5) is 10.5. The van der Waals surface area contributed by atoms with Crippen molar-refractivity contribution in [2.24, 2.45) is 0 Å². The zero-order valence-corrected chi connectivity index (χ0v) is 24.8. The molecule has 0 unspecified atom stereocenters. The van der Waals surface area contributed by atoms with E-state index in [2.05, 4.69) is 152 Å². The maximum Gasteiger partial charge on any atom is 0.160 e. The summed E-state index contributed by atoms with van der Waals surface area (Å²) in [5, 5.41) is 2.41. The van der Waals surface area contributed by atoms with Crippen LogP contribution in [0, 0.1) is 0 Å². The van der Waals surface area contributed by atoms with Crippen LogP contribution in [0.1, 0.15) is 23.1 Å². The smallest absolute Gasteiger partial charge is 0.160 e. The Balaban J connectivity index is 1.39. The van der Waals surface area contributed by atoms with Crippen LogP contribution in [0.4, 0.5) is 0 Å². The molecular weight excluding hydrogens is 544 g/mol. The van der Waals surface area contributed by atoms with Gasteiger partial charge in [-0.25, -0.2) is 9.97 Å². The molecule has 1 aromatic heterocycles. The van der Waals surface area contributed by atoms with E-state index in [1.807, 2.05) is 18.2 Å². The van der Waals surface area contributed by atoms with E-state index in [1.54, 1.807) is 0 Å². The van der Waals surface area contributed by atoms with E-state index < -0.39 is 0 Å². The fourth-order valence-electron chi connectivity index (χ4n) is 6.42. The Labute approximate surface area is 263 Å². The molecule has 1 aliphatic carbocycles. The van der Waals surface area contributed by atoms with Crippen LogP contribution >= 0.6 is 0 Å². The summed E-state index contributed by atoms with van der Waals surface area (Å²) < 4.78 is 0. The molecule has 0 atom stereocenters. The Morgan fingerprint density at radius 3 is 1.84 bits per heavy atom. The number of rotatable bonds is 5. The number of allylic oxidation sites excluding steroid dienone is 2. The zero-order valence-electron chi connectivity index (χ0n) is 24.8. The van der Waals surface area contributed by atoms with Crippen LogP contribution in [-0.2, 0) is 0 Å². The first-order chi connectivity index (χ1) is 22.3. The molecule has 7 aromatic rings. The summed E-state index contributed by atoms with van der Waals surface area (Å²) in [5.41, 5.74) is 12.2. The highest BCUT2D eigenvalue weighted by molar-refractivity contribution is 6.04. The van der Waals surface area contributed by atoms with Gasteiger partial charge in [0.05, 0.1) is 11.4 Å². The van der Waals surface area contributed by atoms with Gasteiger partial charge in [0, 0.05) is 16.7 Å². The summed E-state index contributed by atoms with van der Waals surface area (Å²) in [6.45, 7) is 0. The summed E-state index contributed by atoms with van der Waals surface area (Å²) >= 11 is 0. The normalized spacial score (nSPS) is 12.4. The quantitative estimate of drug-likeness (QED) is 0.204. The largest absolute Gasteiger partial charge is 0.228 e. The third-order valence-corrected chi connectivity index (χ3v) is 8.53. The standard InChI is InChI=1S/C43H30N2/c1-4-15-30(16-5-1)34-22-12-13-24-37-36(34)25-14-26-38(37)40-29-41(45-43(44-40)33-20-8-3-9-21-33)39-28-27-31-17-10-11-23-35(31)42(39)32-18-6-2-7-19-32/h1-11,13-29H,12H2. The minimum Gasteiger partial charge on any atom is -0.228 e. The first-order valence-electron chi connectivity index (χ1n) is 15.4. The van der Waals surface area contributed by atoms with Gasteiger partial charge in [-0.1, -0.05) is 164 Å². The van der Waals surface area contributed by atoms with Crippen LogP contribution in [0.25, 0.3) is 67.5 Å². The Hall–Kier alpha value is -5.86. The molecule has 0 bridgehead atoms. The second-order valence-corrected chi connectivity index (χ2v) is 11.3. The minimum atomic E-state index is 0.712. The van der Waals surface area contributed by atoms with E-state index in [9.17, 15) is 0 Å². The van der Waals surface area contributed by atoms with E-state index >= 15 is 0 Å². The van der Waals surface area contributed by atoms with E-state index in [0.29, 0.717) is 5.82 Å². The van der Waals surface area contributed by atoms with Crippen LogP contribution in [0.2, 0.25) is 0 Å². The van der Waals surface area contributed by atoms with Crippen molar-refractivity contribution < 1.29 is 0 Å². The summed E-state index contributed by atoms with van der Waals surface area (Å²) in [5.74, 6) is 0.712. The molecule has 1 heterocycles. The Morgan fingerprint density at radius 1 is 0.467 bits per heavy atom. The van der Waals surface area contributed by atoms with Crippen LogP contribution in [0.3, 0.4) is 0 Å². The van der Waals surface area contributed by atoms with Crippen LogP contribution in [0.15, 0.2) is 164 Å². The highest BCUT2D eigenvalue weighted by atomic mass is 14.9. The van der Waals surface area contributed by atoms with Gasteiger partial charge in [0.25, 0.3) is 0 Å². The Bertz CT molecular complexity index is 2210. The van der Waals surface area contributed by atoms with Crippen molar-refractivity contribution >= 4 is 22.4 Å². The predicted octanol–water partition coefficient (Wildman–Crippen LogP) is 11.1. The fraction of sp³-hybridized carbons (Fsp3) is 0.0233. The molecule has 0 saturated heterocycles. The lowest BCUT2D eigenvalue weighted by molar-refractivity contribution is 1.18. The molecule has 0 amide bonds. The highest BCUT2D eigenvalue weighted by Crippen LogP contribution is 2.41. The van der Waals surface area contributed by atoms with Gasteiger partial charge in [-0.3, -0.25) is 0 Å². The monoisotopic (exact) mass is 574 g/mol. The molecule has 0 saturated carbocycles. The molecule has 1 aliphatic rings. The first kappa shape index (κ1) is 26.7. The highest BCUT2D eigenvalue weighted by Gasteiger charge is 2.19. The predicted molar refractivity (Wildman–Crippen MR) is 188 cm³/mol. The molecule has 0 fully saturated rings. The number of benzene rings is 6. The number of hydrogen-bond acceptors (Lipinski definition) is 2. The summed E-state index contributed by atoms with van der Waals surface area (Å²) in [6.07, 6.45) is 7.70. The molecule has 45 heavy (non-hydrogen) atoms. The lowest BCUT2D eigenvalue weighted by atomic mass is 9.89. The Morgan fingerprint density at radius 2 is 1.09 bits per heavy atom. The molecule has 2 nitrogen and oxygen atoms in total. The van der Waals surface area contributed by atoms with E-state index in [1.165, 1.54) is 44.2 Å². The van der Waals surface area contributed by atoms with E-state index in [4.69, 9.17) is 9.97 Å². The van der Waals surface area contributed by atoms with Crippen molar-refractivity contribution in [1.82, 2.24) is 9.97 Å². The van der Waals surface area contributed by atoms with Gasteiger partial charge in [0.1, 0.15) is 0 Å². The van der Waals surface area contributed by atoms with E-state index in [0.717, 1.165) is 34.5 Å². The van der Waals surface area contributed by atoms with E-state index in [-0.39, 0.29) is 0 Å². The lowest BCUT2D eigenvalue weighted by Gasteiger charge is -2.17. The number of nitrogens with zero attached hydrogens (tertiary/aromatic N) is 2. The molecule has 0 spiro atoms. The van der Waals surface area contributed by atoms with Crippen molar-refractivity contribution in [3.8, 4) is 45.0 Å². The topological polar surface area (TPSA) is 25.8 Å². The average molecular weight is 575 g/mol. The van der Waals surface area contributed by atoms with Crippen molar-refractivity contribution in [3.05, 3.63) is 181 Å². The first-order valence-corrected chi connectivity index (χ1v) is 15.4. The van der Waals surface area contributed by atoms with Crippen LogP contribution in [0.5, 0.6) is 0 Å². The van der Waals surface area contributed by atoms with Gasteiger partial charge in [0.15, 0.2) is 5.82 Å². The average Bonchev–Trinajstić information content (AvgIpc) is 3.35. The third-order valence-electron chi connectivity index (χ3n) is 8.53. The molecule has 212 valence electrons. The maximum absolute atomic E-state index is 5.24. The minimum absolute atomic E-state index is 0.712. The summed E-state index contributed by atoms with van der Waals surface area (Å²) in [7, 11) is 0. The van der Waals surface area contributed by atoms with Gasteiger partial charge in [-0.15, -0.1) is 0 Å². The number of fused-ring (bicyclic) bond motifs is 2. The van der Waals surface area contributed by atoms with Crippen molar-refractivity contribution in [2.75, 3.05) is 0 Å². The molecule has 0 radical (unpaired) electrons. The SMILES string of the molecule is C1=Cc2c(cccc2-c2cc(-c3ccc4ccccc4c3-c3ccccc3)nc(-c3ccccc3)n2)C(c2ccccc2)=CC1. The van der Waals surface area contributed by atoms with Crippen molar-refractivity contribution in [3.63, 3.8) is 0 Å². The van der Waals surface area contributed by atoms with Gasteiger partial charge in [-0.2, -0.15) is 0 Å². The van der Waals surface area contributed by atoms with Crippen molar-refractivity contribution in [2.45, 2.75) is 6.42 Å². The Kier molecular flexibility index (Phi) is 6.94. The van der Waals surface area contributed by atoms with Gasteiger partial charge < -0.3 is 0 Å². The number of aromatic nitrogens is 2. The molecular formula is C43H30N2. The second kappa shape index (κ2) is 11.7. The lowest BCUT2D eigenvalue weighted by Crippen LogP contribution is -2.00. The molecule has 6 aromatic carbocycles. The maximum atomic E-state index is 5.24. The van der Waals surface area contributed by atoms with Gasteiger partial charge in [0.2, 0.25) is 0 Å². The van der Waals surface area contributed by atoms with Crippen molar-refractivity contribution in [1.29, 1.82) is 0 Å². The van der Waals surface area contributed by atoms with Crippen LogP contribution in [-0.4, -0.2) is 9.97 Å². The summed E-state index contributed by atoms with van der Waals surface area (Å²) in [6, 6.07) is 53.4. The van der Waals surface area contributed by atoms with Crippen LogP contribution < -0.4 is 0 Å². The number of hydrogen-bond donors (Lipinski definition) is 0. The molecule has 8 rings (SSSR count). The third kappa shape index (κ3) is 5.07. The molecule has 0 aliphatic heterocycles. The molecule has 2 heteroatoms. The second-order valence-electron chi connectivity index (χ2n) is 11.3. The molecule has 0 N–H and O–H groups in total. The fourth-order valence-corrected chi connectivity index (χ4v) is 6.42.